The summed E-state index contributed by atoms with van der Waals surface area (Å²) >= 11 is 0. The summed E-state index contributed by atoms with van der Waals surface area (Å²) in [7, 11) is 3.17. The van der Waals surface area contributed by atoms with Gasteiger partial charge in [0.05, 0.1) is 26.1 Å². The molecule has 6 heteroatoms. The van der Waals surface area contributed by atoms with Crippen molar-refractivity contribution in [1.29, 1.82) is 0 Å². The molecule has 0 radical (unpaired) electrons. The van der Waals surface area contributed by atoms with Gasteiger partial charge in [0.15, 0.2) is 0 Å². The van der Waals surface area contributed by atoms with E-state index in [4.69, 9.17) is 9.47 Å². The number of methoxy groups -OCH3 is 2. The third kappa shape index (κ3) is 3.83. The lowest BCUT2D eigenvalue weighted by Crippen LogP contribution is -2.39. The van der Waals surface area contributed by atoms with Gasteiger partial charge >= 0.3 is 0 Å². The molecule has 4 rings (SSSR count). The minimum atomic E-state index is -0.401. The zero-order chi connectivity index (χ0) is 20.4. The molecule has 2 aliphatic rings. The van der Waals surface area contributed by atoms with Crippen LogP contribution in [0.25, 0.3) is 0 Å². The van der Waals surface area contributed by atoms with E-state index in [1.807, 2.05) is 36.4 Å². The molecule has 1 saturated carbocycles. The summed E-state index contributed by atoms with van der Waals surface area (Å²) in [5, 5.41) is 5.92. The van der Waals surface area contributed by atoms with E-state index in [1.165, 1.54) is 0 Å². The number of hydrogen-bond donors (Lipinski definition) is 2. The van der Waals surface area contributed by atoms with E-state index in [0.717, 1.165) is 6.42 Å². The van der Waals surface area contributed by atoms with Crippen molar-refractivity contribution in [3.8, 4) is 11.5 Å². The molecule has 6 nitrogen and oxygen atoms in total. The first kappa shape index (κ1) is 19.1. The molecule has 2 aromatic carbocycles. The van der Waals surface area contributed by atoms with Gasteiger partial charge in [-0.05, 0) is 42.5 Å². The number of fused-ring (bicyclic) bond motifs is 2. The molecule has 1 fully saturated rings. The van der Waals surface area contributed by atoms with Gasteiger partial charge in [-0.25, -0.2) is 0 Å². The maximum Gasteiger partial charge on any atom is 0.228 e. The van der Waals surface area contributed by atoms with E-state index >= 15 is 0 Å². The van der Waals surface area contributed by atoms with Crippen molar-refractivity contribution in [2.45, 2.75) is 6.42 Å². The smallest absolute Gasteiger partial charge is 0.228 e. The summed E-state index contributed by atoms with van der Waals surface area (Å²) in [5.41, 5.74) is 1.32. The number of benzene rings is 2. The van der Waals surface area contributed by atoms with Crippen molar-refractivity contribution in [3.05, 3.63) is 60.7 Å². The summed E-state index contributed by atoms with van der Waals surface area (Å²) in [6, 6.07) is 14.5. The van der Waals surface area contributed by atoms with Gasteiger partial charge in [0, 0.05) is 23.5 Å². The Kier molecular flexibility index (Phi) is 5.25. The maximum atomic E-state index is 13.1. The molecule has 2 aliphatic carbocycles. The summed E-state index contributed by atoms with van der Waals surface area (Å²) in [4.78, 5) is 26.2. The van der Waals surface area contributed by atoms with Crippen LogP contribution >= 0.6 is 0 Å². The van der Waals surface area contributed by atoms with E-state index in [1.54, 1.807) is 26.4 Å². The number of allylic oxidation sites excluding steroid dienone is 2. The van der Waals surface area contributed by atoms with Gasteiger partial charge < -0.3 is 20.1 Å². The number of carbonyl (C=O) groups is 2. The van der Waals surface area contributed by atoms with Crippen LogP contribution in [0, 0.1) is 23.7 Å². The largest absolute Gasteiger partial charge is 0.497 e. The van der Waals surface area contributed by atoms with Crippen molar-refractivity contribution in [3.63, 3.8) is 0 Å². The van der Waals surface area contributed by atoms with Crippen LogP contribution in [0.3, 0.4) is 0 Å². The minimum absolute atomic E-state index is 0.0756. The molecule has 0 unspecified atom stereocenters. The molecule has 0 spiro atoms. The lowest BCUT2D eigenvalue weighted by Gasteiger charge is -2.26. The average Bonchev–Trinajstić information content (AvgIpc) is 3.35. The number of ether oxygens (including phenoxy) is 2. The van der Waals surface area contributed by atoms with Crippen LogP contribution in [0.1, 0.15) is 6.42 Å². The van der Waals surface area contributed by atoms with Crippen LogP contribution in [0.15, 0.2) is 60.7 Å². The Labute approximate surface area is 169 Å². The number of anilines is 2. The normalized spacial score (nSPS) is 24.2. The molecule has 0 aromatic heterocycles. The first-order valence-electron chi connectivity index (χ1n) is 9.67. The fraction of sp³-hybridized carbons (Fsp3) is 0.304. The summed E-state index contributed by atoms with van der Waals surface area (Å²) in [6.07, 6.45) is 4.96. The van der Waals surface area contributed by atoms with E-state index in [9.17, 15) is 9.59 Å². The van der Waals surface area contributed by atoms with E-state index in [0.29, 0.717) is 22.9 Å². The zero-order valence-electron chi connectivity index (χ0n) is 16.4. The summed E-state index contributed by atoms with van der Waals surface area (Å²) < 4.78 is 10.4. The Morgan fingerprint density at radius 3 is 1.66 bits per heavy atom. The zero-order valence-corrected chi connectivity index (χ0v) is 16.4. The third-order valence-electron chi connectivity index (χ3n) is 5.74. The van der Waals surface area contributed by atoms with Crippen LogP contribution in [-0.4, -0.2) is 26.0 Å². The Balaban J connectivity index is 1.51. The number of nitrogens with one attached hydrogen (secondary N) is 2. The fourth-order valence-corrected chi connectivity index (χ4v) is 4.39. The molecule has 2 amide bonds. The summed E-state index contributed by atoms with van der Waals surface area (Å²) in [6.45, 7) is 0. The van der Waals surface area contributed by atoms with E-state index < -0.39 is 11.8 Å². The average molecular weight is 392 g/mol. The second-order valence-electron chi connectivity index (χ2n) is 7.44. The third-order valence-corrected chi connectivity index (χ3v) is 5.74. The molecule has 29 heavy (non-hydrogen) atoms. The highest BCUT2D eigenvalue weighted by molar-refractivity contribution is 6.01. The van der Waals surface area contributed by atoms with Crippen LogP contribution < -0.4 is 20.1 Å². The van der Waals surface area contributed by atoms with Crippen molar-refractivity contribution in [2.75, 3.05) is 24.9 Å². The number of amides is 2. The highest BCUT2D eigenvalue weighted by atomic mass is 16.5. The van der Waals surface area contributed by atoms with Crippen molar-refractivity contribution >= 4 is 23.2 Å². The van der Waals surface area contributed by atoms with Gasteiger partial charge in [-0.2, -0.15) is 0 Å². The molecule has 4 atom stereocenters. The van der Waals surface area contributed by atoms with Gasteiger partial charge in [-0.1, -0.05) is 24.3 Å². The Bertz CT molecular complexity index is 880. The van der Waals surface area contributed by atoms with E-state index in [2.05, 4.69) is 22.8 Å². The minimum Gasteiger partial charge on any atom is -0.497 e. The van der Waals surface area contributed by atoms with Crippen molar-refractivity contribution < 1.29 is 19.1 Å². The standard InChI is InChI=1S/C23H24N2O4/c1-28-18-7-3-5-16(12-18)24-22(26)20-14-9-10-15(11-14)21(20)23(27)25-17-6-4-8-19(13-17)29-2/h3-10,12-15,20-21H,11H2,1-2H3,(H,24,26)(H,25,27)/t14-,15+,20+,21-. The predicted molar refractivity (Wildman–Crippen MR) is 111 cm³/mol. The maximum absolute atomic E-state index is 13.1. The highest BCUT2D eigenvalue weighted by Crippen LogP contribution is 2.48. The van der Waals surface area contributed by atoms with Gasteiger partial charge in [-0.3, -0.25) is 9.59 Å². The first-order chi connectivity index (χ1) is 14.1. The van der Waals surface area contributed by atoms with E-state index in [-0.39, 0.29) is 23.7 Å². The molecule has 2 aromatic rings. The number of rotatable bonds is 6. The highest BCUT2D eigenvalue weighted by Gasteiger charge is 2.51. The van der Waals surface area contributed by atoms with Crippen LogP contribution in [-0.2, 0) is 9.59 Å². The topological polar surface area (TPSA) is 76.7 Å². The van der Waals surface area contributed by atoms with Crippen LogP contribution in [0.4, 0.5) is 11.4 Å². The van der Waals surface area contributed by atoms with Gasteiger partial charge in [-0.15, -0.1) is 0 Å². The Morgan fingerprint density at radius 2 is 1.24 bits per heavy atom. The Hall–Kier alpha value is -3.28. The van der Waals surface area contributed by atoms with Gasteiger partial charge in [0.25, 0.3) is 0 Å². The quantitative estimate of drug-likeness (QED) is 0.735. The van der Waals surface area contributed by atoms with Crippen molar-refractivity contribution in [1.82, 2.24) is 0 Å². The first-order valence-corrected chi connectivity index (χ1v) is 9.67. The number of hydrogen-bond acceptors (Lipinski definition) is 4. The SMILES string of the molecule is COc1cccc(NC(=O)[C@@H]2[C@H](C(=O)Nc3cccc(OC)c3)[C@H]3C=C[C@@H]2C3)c1. The molecule has 150 valence electrons. The lowest BCUT2D eigenvalue weighted by atomic mass is 9.81. The molecule has 0 heterocycles. The Morgan fingerprint density at radius 1 is 0.793 bits per heavy atom. The molecule has 2 bridgehead atoms. The lowest BCUT2D eigenvalue weighted by molar-refractivity contribution is -0.129. The predicted octanol–water partition coefficient (Wildman–Crippen LogP) is 3.72. The monoisotopic (exact) mass is 392 g/mol. The molecule has 0 saturated heterocycles. The van der Waals surface area contributed by atoms with Gasteiger partial charge in [0.1, 0.15) is 11.5 Å². The number of carbonyl (C=O) groups excluding carboxylic acids is 2. The van der Waals surface area contributed by atoms with Crippen molar-refractivity contribution in [2.24, 2.45) is 23.7 Å². The molecule has 0 aliphatic heterocycles. The second kappa shape index (κ2) is 7.99. The fourth-order valence-electron chi connectivity index (χ4n) is 4.39. The van der Waals surface area contributed by atoms with Crippen LogP contribution in [0.5, 0.6) is 11.5 Å². The molecular weight excluding hydrogens is 368 g/mol. The van der Waals surface area contributed by atoms with Gasteiger partial charge in [0.2, 0.25) is 11.8 Å². The summed E-state index contributed by atoms with van der Waals surface area (Å²) in [5.74, 6) is 0.412. The molecular formula is C23H24N2O4. The molecule has 2 N–H and O–H groups in total. The van der Waals surface area contributed by atoms with Crippen LogP contribution in [0.2, 0.25) is 0 Å². The second-order valence-corrected chi connectivity index (χ2v) is 7.44.